The van der Waals surface area contributed by atoms with Crippen molar-refractivity contribution in [3.05, 3.63) is 60.0 Å². The maximum atomic E-state index is 12.7. The highest BCUT2D eigenvalue weighted by molar-refractivity contribution is 7.94. The zero-order valence-electron chi connectivity index (χ0n) is 14.1. The van der Waals surface area contributed by atoms with Crippen LogP contribution in [-0.4, -0.2) is 22.1 Å². The molecule has 27 heavy (non-hydrogen) atoms. The van der Waals surface area contributed by atoms with Crippen molar-refractivity contribution in [2.45, 2.75) is 10.8 Å². The van der Waals surface area contributed by atoms with E-state index in [4.69, 9.17) is 4.74 Å². The molecule has 0 spiro atoms. The average molecular weight is 411 g/mol. The van der Waals surface area contributed by atoms with Gasteiger partial charge in [0.2, 0.25) is 0 Å². The first-order valence-electron chi connectivity index (χ1n) is 7.68. The van der Waals surface area contributed by atoms with Gasteiger partial charge >= 0.3 is 6.61 Å². The highest BCUT2D eigenvalue weighted by atomic mass is 32.2. The second-order valence-corrected chi connectivity index (χ2v) is 8.21. The first kappa shape index (κ1) is 19.1. The van der Waals surface area contributed by atoms with E-state index in [2.05, 4.69) is 9.46 Å². The molecule has 9 heteroatoms. The summed E-state index contributed by atoms with van der Waals surface area (Å²) >= 11 is 1.08. The van der Waals surface area contributed by atoms with Crippen LogP contribution in [0.3, 0.4) is 0 Å². The number of rotatable bonds is 7. The summed E-state index contributed by atoms with van der Waals surface area (Å²) in [7, 11) is -2.24. The van der Waals surface area contributed by atoms with Crippen LogP contribution in [0.1, 0.15) is 0 Å². The fraction of sp³-hybridized carbons (Fsp3) is 0.111. The molecule has 0 aliphatic rings. The van der Waals surface area contributed by atoms with Crippen LogP contribution in [0.2, 0.25) is 0 Å². The van der Waals surface area contributed by atoms with Gasteiger partial charge in [0, 0.05) is 11.3 Å². The highest BCUT2D eigenvalue weighted by Crippen LogP contribution is 2.35. The first-order valence-corrected chi connectivity index (χ1v) is 10.0. The Labute approximate surface area is 159 Å². The van der Waals surface area contributed by atoms with Crippen LogP contribution in [0.5, 0.6) is 11.5 Å². The van der Waals surface area contributed by atoms with E-state index in [0.717, 1.165) is 11.3 Å². The minimum absolute atomic E-state index is 0.0609. The molecule has 0 saturated carbocycles. The van der Waals surface area contributed by atoms with E-state index >= 15 is 0 Å². The SMILES string of the molecule is COc1ccc(-c2cc(NS(=O)(=O)c3cccs3)ccc2OC(F)F)cc1. The molecule has 0 amide bonds. The van der Waals surface area contributed by atoms with Gasteiger partial charge in [-0.3, -0.25) is 4.72 Å². The summed E-state index contributed by atoms with van der Waals surface area (Å²) in [6, 6.07) is 13.9. The van der Waals surface area contributed by atoms with E-state index in [-0.39, 0.29) is 15.6 Å². The number of nitrogens with one attached hydrogen (secondary N) is 1. The van der Waals surface area contributed by atoms with Crippen molar-refractivity contribution in [3.63, 3.8) is 0 Å². The molecule has 0 aliphatic heterocycles. The minimum Gasteiger partial charge on any atom is -0.497 e. The number of hydrogen-bond acceptors (Lipinski definition) is 5. The van der Waals surface area contributed by atoms with Gasteiger partial charge in [0.05, 0.1) is 7.11 Å². The smallest absolute Gasteiger partial charge is 0.387 e. The molecular formula is C18H15F2NO4S2. The number of hydrogen-bond donors (Lipinski definition) is 1. The van der Waals surface area contributed by atoms with Crippen LogP contribution >= 0.6 is 11.3 Å². The number of methoxy groups -OCH3 is 1. The lowest BCUT2D eigenvalue weighted by Gasteiger charge is -2.14. The topological polar surface area (TPSA) is 64.6 Å². The number of thiophene rings is 1. The van der Waals surface area contributed by atoms with Crippen LogP contribution in [0.25, 0.3) is 11.1 Å². The molecule has 0 fully saturated rings. The monoisotopic (exact) mass is 411 g/mol. The van der Waals surface area contributed by atoms with E-state index < -0.39 is 16.6 Å². The van der Waals surface area contributed by atoms with E-state index in [1.165, 1.54) is 31.4 Å². The molecule has 0 unspecified atom stereocenters. The summed E-state index contributed by atoms with van der Waals surface area (Å²) in [4.78, 5) is 0. The molecular weight excluding hydrogens is 396 g/mol. The fourth-order valence-corrected chi connectivity index (χ4v) is 4.45. The molecule has 0 atom stereocenters. The number of halogens is 2. The molecule has 1 N–H and O–H groups in total. The Morgan fingerprint density at radius 2 is 1.81 bits per heavy atom. The van der Waals surface area contributed by atoms with Gasteiger partial charge in [0.1, 0.15) is 15.7 Å². The number of ether oxygens (including phenoxy) is 2. The Kier molecular flexibility index (Phi) is 5.62. The summed E-state index contributed by atoms with van der Waals surface area (Å²) in [5.41, 5.74) is 1.13. The van der Waals surface area contributed by atoms with Crippen molar-refractivity contribution in [2.24, 2.45) is 0 Å². The van der Waals surface area contributed by atoms with Gasteiger partial charge in [0.15, 0.2) is 0 Å². The van der Waals surface area contributed by atoms with Crippen LogP contribution in [0, 0.1) is 0 Å². The van der Waals surface area contributed by atoms with Gasteiger partial charge in [-0.05, 0) is 47.3 Å². The summed E-state index contributed by atoms with van der Waals surface area (Å²) in [5.74, 6) is 0.541. The Hall–Kier alpha value is -2.65. The largest absolute Gasteiger partial charge is 0.497 e. The van der Waals surface area contributed by atoms with Crippen LogP contribution in [-0.2, 0) is 10.0 Å². The summed E-state index contributed by atoms with van der Waals surface area (Å²) in [6.07, 6.45) is 0. The van der Waals surface area contributed by atoms with Gasteiger partial charge in [-0.15, -0.1) is 11.3 Å². The highest BCUT2D eigenvalue weighted by Gasteiger charge is 2.18. The predicted octanol–water partition coefficient (Wildman–Crippen LogP) is 4.83. The van der Waals surface area contributed by atoms with Crippen molar-refractivity contribution in [3.8, 4) is 22.6 Å². The predicted molar refractivity (Wildman–Crippen MR) is 100 cm³/mol. The Morgan fingerprint density at radius 1 is 1.07 bits per heavy atom. The van der Waals surface area contributed by atoms with E-state index in [0.29, 0.717) is 16.9 Å². The quantitative estimate of drug-likeness (QED) is 0.605. The molecule has 5 nitrogen and oxygen atoms in total. The van der Waals surface area contributed by atoms with Crippen molar-refractivity contribution in [1.82, 2.24) is 0 Å². The van der Waals surface area contributed by atoms with E-state index in [9.17, 15) is 17.2 Å². The minimum atomic E-state index is -3.76. The molecule has 2 aromatic carbocycles. The van der Waals surface area contributed by atoms with E-state index in [1.54, 1.807) is 35.7 Å². The van der Waals surface area contributed by atoms with Gasteiger partial charge < -0.3 is 9.47 Å². The summed E-state index contributed by atoms with van der Waals surface area (Å²) in [6.45, 7) is -3.00. The summed E-state index contributed by atoms with van der Waals surface area (Å²) < 4.78 is 62.5. The molecule has 0 aliphatic carbocycles. The van der Waals surface area contributed by atoms with Gasteiger partial charge in [0.25, 0.3) is 10.0 Å². The lowest BCUT2D eigenvalue weighted by atomic mass is 10.0. The lowest BCUT2D eigenvalue weighted by molar-refractivity contribution is -0.0494. The molecule has 0 bridgehead atoms. The average Bonchev–Trinajstić information content (AvgIpc) is 3.18. The van der Waals surface area contributed by atoms with E-state index in [1.807, 2.05) is 0 Å². The van der Waals surface area contributed by atoms with Crippen molar-refractivity contribution in [1.29, 1.82) is 0 Å². The second kappa shape index (κ2) is 7.93. The molecule has 1 aromatic heterocycles. The van der Waals surface area contributed by atoms with Crippen molar-refractivity contribution < 1.29 is 26.7 Å². The van der Waals surface area contributed by atoms with Gasteiger partial charge in [-0.25, -0.2) is 8.42 Å². The number of anilines is 1. The lowest BCUT2D eigenvalue weighted by Crippen LogP contribution is -2.11. The molecule has 0 radical (unpaired) electrons. The first-order chi connectivity index (χ1) is 12.9. The standard InChI is InChI=1S/C18H15F2NO4S2/c1-24-14-7-4-12(5-8-14)15-11-13(6-9-16(15)25-18(19)20)21-27(22,23)17-3-2-10-26-17/h2-11,18,21H,1H3. The molecule has 0 saturated heterocycles. The maximum absolute atomic E-state index is 12.7. The third-order valence-electron chi connectivity index (χ3n) is 3.61. The zero-order valence-corrected chi connectivity index (χ0v) is 15.7. The maximum Gasteiger partial charge on any atom is 0.387 e. The molecule has 142 valence electrons. The van der Waals surface area contributed by atoms with Crippen LogP contribution in [0.15, 0.2) is 64.2 Å². The van der Waals surface area contributed by atoms with Crippen LogP contribution < -0.4 is 14.2 Å². The third kappa shape index (κ3) is 4.55. The Morgan fingerprint density at radius 3 is 2.41 bits per heavy atom. The number of sulfonamides is 1. The number of alkyl halides is 2. The molecule has 1 heterocycles. The Balaban J connectivity index is 1.99. The fourth-order valence-electron chi connectivity index (χ4n) is 2.41. The third-order valence-corrected chi connectivity index (χ3v) is 6.39. The second-order valence-electron chi connectivity index (χ2n) is 5.36. The zero-order chi connectivity index (χ0) is 19.4. The normalized spacial score (nSPS) is 11.4. The van der Waals surface area contributed by atoms with Crippen molar-refractivity contribution in [2.75, 3.05) is 11.8 Å². The van der Waals surface area contributed by atoms with Gasteiger partial charge in [-0.1, -0.05) is 18.2 Å². The van der Waals surface area contributed by atoms with Gasteiger partial charge in [-0.2, -0.15) is 8.78 Å². The van der Waals surface area contributed by atoms with Crippen molar-refractivity contribution >= 4 is 27.0 Å². The molecule has 3 aromatic rings. The Bertz CT molecular complexity index is 1000. The number of benzene rings is 2. The summed E-state index contributed by atoms with van der Waals surface area (Å²) in [5, 5.41) is 1.65. The van der Waals surface area contributed by atoms with Crippen LogP contribution in [0.4, 0.5) is 14.5 Å². The molecule has 3 rings (SSSR count).